The third-order valence-corrected chi connectivity index (χ3v) is 2.51. The van der Waals surface area contributed by atoms with E-state index in [1.165, 1.54) is 0 Å². The number of carbonyl (C=O) groups is 2. The Hall–Kier alpha value is -1.91. The molecule has 0 aliphatic carbocycles. The number of nitrogens with zero attached hydrogens (tertiary/aromatic N) is 1. The van der Waals surface area contributed by atoms with Gasteiger partial charge in [-0.15, -0.1) is 0 Å². The zero-order chi connectivity index (χ0) is 13.5. The second-order valence-electron chi connectivity index (χ2n) is 4.22. The fourth-order valence-corrected chi connectivity index (χ4v) is 1.71. The molecule has 0 aromatic carbocycles. The molecule has 0 fully saturated rings. The maximum Gasteiger partial charge on any atom is 0.305 e. The zero-order valence-corrected chi connectivity index (χ0v) is 10.6. The molecule has 2 N–H and O–H groups in total. The largest absolute Gasteiger partial charge is 0.481 e. The minimum atomic E-state index is -0.911. The lowest BCUT2D eigenvalue weighted by Crippen LogP contribution is -2.36. The van der Waals surface area contributed by atoms with Crippen molar-refractivity contribution in [1.29, 1.82) is 0 Å². The van der Waals surface area contributed by atoms with Crippen LogP contribution in [0.15, 0.2) is 18.2 Å². The monoisotopic (exact) mass is 250 g/mol. The van der Waals surface area contributed by atoms with Crippen molar-refractivity contribution in [3.63, 3.8) is 0 Å². The first-order valence-corrected chi connectivity index (χ1v) is 5.99. The fourth-order valence-electron chi connectivity index (χ4n) is 1.71. The molecule has 5 nitrogen and oxygen atoms in total. The molecule has 1 unspecified atom stereocenters. The number of amides is 1. The van der Waals surface area contributed by atoms with E-state index >= 15 is 0 Å². The van der Waals surface area contributed by atoms with E-state index in [4.69, 9.17) is 5.11 Å². The summed E-state index contributed by atoms with van der Waals surface area (Å²) in [5.74, 6) is -1.23. The van der Waals surface area contributed by atoms with E-state index in [-0.39, 0.29) is 18.4 Å². The second kappa shape index (κ2) is 6.74. The highest BCUT2D eigenvalue weighted by molar-refractivity contribution is 5.92. The topological polar surface area (TPSA) is 79.3 Å². The summed E-state index contributed by atoms with van der Waals surface area (Å²) in [6.45, 7) is 3.75. The van der Waals surface area contributed by atoms with E-state index in [0.717, 1.165) is 12.1 Å². The predicted molar refractivity (Wildman–Crippen MR) is 67.4 cm³/mol. The minimum Gasteiger partial charge on any atom is -0.481 e. The number of rotatable bonds is 6. The van der Waals surface area contributed by atoms with Gasteiger partial charge in [0, 0.05) is 11.7 Å². The van der Waals surface area contributed by atoms with E-state index in [1.54, 1.807) is 25.1 Å². The predicted octanol–water partition coefficient (Wildman–Crippen LogP) is 1.76. The Labute approximate surface area is 106 Å². The quantitative estimate of drug-likeness (QED) is 0.806. The van der Waals surface area contributed by atoms with E-state index in [0.29, 0.717) is 12.1 Å². The van der Waals surface area contributed by atoms with E-state index in [1.807, 2.05) is 6.92 Å². The number of carboxylic acids is 1. The molecular weight excluding hydrogens is 232 g/mol. The molecule has 0 radical (unpaired) electrons. The Bertz CT molecular complexity index is 432. The van der Waals surface area contributed by atoms with Crippen LogP contribution < -0.4 is 5.32 Å². The van der Waals surface area contributed by atoms with Crippen LogP contribution >= 0.6 is 0 Å². The maximum atomic E-state index is 11.9. The summed E-state index contributed by atoms with van der Waals surface area (Å²) in [5.41, 5.74) is 1.08. The van der Waals surface area contributed by atoms with Crippen molar-refractivity contribution in [3.8, 4) is 0 Å². The molecule has 1 aromatic heterocycles. The van der Waals surface area contributed by atoms with Crippen LogP contribution in [0.25, 0.3) is 0 Å². The lowest BCUT2D eigenvalue weighted by Gasteiger charge is -2.15. The van der Waals surface area contributed by atoms with Crippen LogP contribution in [0.4, 0.5) is 0 Å². The molecule has 1 aromatic rings. The van der Waals surface area contributed by atoms with Gasteiger partial charge in [-0.1, -0.05) is 19.4 Å². The Morgan fingerprint density at radius 1 is 1.44 bits per heavy atom. The zero-order valence-electron chi connectivity index (χ0n) is 10.6. The van der Waals surface area contributed by atoms with Gasteiger partial charge in [0.25, 0.3) is 5.91 Å². The highest BCUT2D eigenvalue weighted by Crippen LogP contribution is 2.04. The molecule has 1 amide bonds. The number of carboxylic acid groups (broad SMARTS) is 1. The SMILES string of the molecule is CCCC(CC(=O)O)NC(=O)c1cccc(C)n1. The first-order valence-electron chi connectivity index (χ1n) is 5.99. The Kier molecular flexibility index (Phi) is 5.30. The van der Waals surface area contributed by atoms with Crippen molar-refractivity contribution in [2.75, 3.05) is 0 Å². The third kappa shape index (κ3) is 4.53. The highest BCUT2D eigenvalue weighted by atomic mass is 16.4. The number of aryl methyl sites for hydroxylation is 1. The van der Waals surface area contributed by atoms with Gasteiger partial charge in [0.1, 0.15) is 5.69 Å². The lowest BCUT2D eigenvalue weighted by molar-refractivity contribution is -0.137. The lowest BCUT2D eigenvalue weighted by atomic mass is 10.1. The molecule has 0 spiro atoms. The Morgan fingerprint density at radius 2 is 2.17 bits per heavy atom. The summed E-state index contributed by atoms with van der Waals surface area (Å²) in [6, 6.07) is 4.83. The van der Waals surface area contributed by atoms with Gasteiger partial charge in [0.15, 0.2) is 0 Å². The smallest absolute Gasteiger partial charge is 0.305 e. The van der Waals surface area contributed by atoms with Crippen molar-refractivity contribution in [2.24, 2.45) is 0 Å². The summed E-state index contributed by atoms with van der Waals surface area (Å²) in [5, 5.41) is 11.5. The summed E-state index contributed by atoms with van der Waals surface area (Å²) in [7, 11) is 0. The number of hydrogen-bond donors (Lipinski definition) is 2. The van der Waals surface area contributed by atoms with Crippen molar-refractivity contribution >= 4 is 11.9 Å². The highest BCUT2D eigenvalue weighted by Gasteiger charge is 2.16. The molecule has 18 heavy (non-hydrogen) atoms. The molecular formula is C13H18N2O3. The van der Waals surface area contributed by atoms with Gasteiger partial charge in [-0.3, -0.25) is 9.59 Å². The number of pyridine rings is 1. The average Bonchev–Trinajstić information content (AvgIpc) is 2.28. The number of aliphatic carboxylic acids is 1. The van der Waals surface area contributed by atoms with Crippen molar-refractivity contribution in [1.82, 2.24) is 10.3 Å². The van der Waals surface area contributed by atoms with Crippen LogP contribution in [0.5, 0.6) is 0 Å². The summed E-state index contributed by atoms with van der Waals surface area (Å²) in [6.07, 6.45) is 1.40. The molecule has 5 heteroatoms. The first-order chi connectivity index (χ1) is 8.52. The fraction of sp³-hybridized carbons (Fsp3) is 0.462. The number of carbonyl (C=O) groups excluding carboxylic acids is 1. The van der Waals surface area contributed by atoms with E-state index in [9.17, 15) is 9.59 Å². The normalized spacial score (nSPS) is 11.9. The van der Waals surface area contributed by atoms with Crippen LogP contribution in [0.3, 0.4) is 0 Å². The van der Waals surface area contributed by atoms with Crippen molar-refractivity contribution in [3.05, 3.63) is 29.6 Å². The third-order valence-electron chi connectivity index (χ3n) is 2.51. The second-order valence-corrected chi connectivity index (χ2v) is 4.22. The van der Waals surface area contributed by atoms with Gasteiger partial charge in [-0.05, 0) is 25.5 Å². The molecule has 0 saturated carbocycles. The Morgan fingerprint density at radius 3 is 2.72 bits per heavy atom. The van der Waals surface area contributed by atoms with Crippen LogP contribution in [-0.4, -0.2) is 28.0 Å². The molecule has 98 valence electrons. The summed E-state index contributed by atoms with van der Waals surface area (Å²) < 4.78 is 0. The summed E-state index contributed by atoms with van der Waals surface area (Å²) >= 11 is 0. The maximum absolute atomic E-state index is 11.9. The van der Waals surface area contributed by atoms with Gasteiger partial charge in [-0.25, -0.2) is 4.98 Å². The van der Waals surface area contributed by atoms with Gasteiger partial charge in [0.05, 0.1) is 6.42 Å². The van der Waals surface area contributed by atoms with E-state index < -0.39 is 5.97 Å². The van der Waals surface area contributed by atoms with Crippen LogP contribution in [-0.2, 0) is 4.79 Å². The van der Waals surface area contributed by atoms with Gasteiger partial charge in [0.2, 0.25) is 0 Å². The molecule has 0 bridgehead atoms. The Balaban J connectivity index is 2.68. The average molecular weight is 250 g/mol. The minimum absolute atomic E-state index is 0.0641. The molecule has 0 aliphatic heterocycles. The summed E-state index contributed by atoms with van der Waals surface area (Å²) in [4.78, 5) is 26.7. The van der Waals surface area contributed by atoms with E-state index in [2.05, 4.69) is 10.3 Å². The van der Waals surface area contributed by atoms with Gasteiger partial charge < -0.3 is 10.4 Å². The molecule has 0 saturated heterocycles. The first kappa shape index (κ1) is 14.2. The standard InChI is InChI=1S/C13H18N2O3/c1-3-5-10(8-12(16)17)15-13(18)11-7-4-6-9(2)14-11/h4,6-7,10H,3,5,8H2,1-2H3,(H,15,18)(H,16,17). The molecule has 1 atom stereocenters. The van der Waals surface area contributed by atoms with Crippen LogP contribution in [0.1, 0.15) is 42.4 Å². The molecule has 0 aliphatic rings. The van der Waals surface area contributed by atoms with Crippen molar-refractivity contribution < 1.29 is 14.7 Å². The van der Waals surface area contributed by atoms with Gasteiger partial charge in [-0.2, -0.15) is 0 Å². The molecule has 1 heterocycles. The number of nitrogens with one attached hydrogen (secondary N) is 1. The number of aromatic nitrogens is 1. The van der Waals surface area contributed by atoms with Crippen LogP contribution in [0.2, 0.25) is 0 Å². The van der Waals surface area contributed by atoms with Gasteiger partial charge >= 0.3 is 5.97 Å². The van der Waals surface area contributed by atoms with Crippen molar-refractivity contribution in [2.45, 2.75) is 39.2 Å². The molecule has 1 rings (SSSR count). The van der Waals surface area contributed by atoms with Crippen LogP contribution in [0, 0.1) is 6.92 Å². The number of hydrogen-bond acceptors (Lipinski definition) is 3.